The molecule has 138 valence electrons. The molecule has 27 heavy (non-hydrogen) atoms. The van der Waals surface area contributed by atoms with Crippen molar-refractivity contribution < 1.29 is 13.2 Å². The Morgan fingerprint density at radius 2 is 1.74 bits per heavy atom. The third-order valence-corrected chi connectivity index (χ3v) is 5.91. The lowest BCUT2D eigenvalue weighted by Gasteiger charge is -2.10. The molecule has 1 aromatic heterocycles. The molecule has 6 nitrogen and oxygen atoms in total. The van der Waals surface area contributed by atoms with Crippen LogP contribution in [0.3, 0.4) is 0 Å². The van der Waals surface area contributed by atoms with Gasteiger partial charge in [0.2, 0.25) is 9.84 Å². The van der Waals surface area contributed by atoms with Crippen molar-refractivity contribution in [3.8, 4) is 0 Å². The van der Waals surface area contributed by atoms with Gasteiger partial charge in [-0.1, -0.05) is 24.3 Å². The second kappa shape index (κ2) is 8.01. The molecule has 3 rings (SSSR count). The number of nitrogens with one attached hydrogen (secondary N) is 2. The molecular weight excluding hydrogens is 362 g/mol. The van der Waals surface area contributed by atoms with Crippen molar-refractivity contribution in [2.24, 2.45) is 0 Å². The van der Waals surface area contributed by atoms with E-state index in [0.29, 0.717) is 17.8 Å². The number of benzene rings is 2. The normalized spacial score (nSPS) is 11.0. The fourth-order valence-corrected chi connectivity index (χ4v) is 4.06. The first kappa shape index (κ1) is 18.6. The summed E-state index contributed by atoms with van der Waals surface area (Å²) < 4.78 is 25.5. The van der Waals surface area contributed by atoms with E-state index in [4.69, 9.17) is 0 Å². The summed E-state index contributed by atoms with van der Waals surface area (Å²) in [4.78, 5) is 16.4. The van der Waals surface area contributed by atoms with E-state index in [-0.39, 0.29) is 15.8 Å². The molecule has 0 aliphatic heterocycles. The first-order valence-corrected chi connectivity index (χ1v) is 9.80. The first-order valence-electron chi connectivity index (χ1n) is 8.31. The number of carbonyl (C=O) groups is 1. The Labute approximate surface area is 158 Å². The zero-order valence-electron chi connectivity index (χ0n) is 14.7. The minimum Gasteiger partial charge on any atom is -0.334 e. The second-order valence-corrected chi connectivity index (χ2v) is 7.88. The van der Waals surface area contributed by atoms with Gasteiger partial charge in [-0.3, -0.25) is 4.98 Å². The summed E-state index contributed by atoms with van der Waals surface area (Å²) >= 11 is 0. The number of nitrogens with zero attached hydrogens (tertiary/aromatic N) is 1. The van der Waals surface area contributed by atoms with Crippen molar-refractivity contribution >= 4 is 21.6 Å². The number of hydrogen-bond acceptors (Lipinski definition) is 4. The zero-order chi connectivity index (χ0) is 19.3. The van der Waals surface area contributed by atoms with E-state index in [1.165, 1.54) is 12.1 Å². The molecule has 0 unspecified atom stereocenters. The van der Waals surface area contributed by atoms with Gasteiger partial charge in [-0.2, -0.15) is 0 Å². The van der Waals surface area contributed by atoms with Gasteiger partial charge in [-0.25, -0.2) is 13.2 Å². The smallest absolute Gasteiger partial charge is 0.319 e. The molecule has 0 spiro atoms. The maximum atomic E-state index is 12.7. The highest BCUT2D eigenvalue weighted by molar-refractivity contribution is 7.91. The fraction of sp³-hybridized carbons (Fsp3) is 0.100. The van der Waals surface area contributed by atoms with E-state index in [2.05, 4.69) is 15.6 Å². The van der Waals surface area contributed by atoms with Crippen LogP contribution < -0.4 is 10.6 Å². The molecule has 1 heterocycles. The van der Waals surface area contributed by atoms with Crippen molar-refractivity contribution in [2.75, 3.05) is 5.32 Å². The summed E-state index contributed by atoms with van der Waals surface area (Å²) in [5, 5.41) is 5.39. The average molecular weight is 381 g/mol. The highest BCUT2D eigenvalue weighted by atomic mass is 32.2. The molecule has 0 aliphatic rings. The predicted molar refractivity (Wildman–Crippen MR) is 103 cm³/mol. The summed E-state index contributed by atoms with van der Waals surface area (Å²) in [5.74, 6) is 0. The number of aryl methyl sites for hydroxylation is 1. The topological polar surface area (TPSA) is 88.2 Å². The maximum Gasteiger partial charge on any atom is 0.319 e. The van der Waals surface area contributed by atoms with Gasteiger partial charge >= 0.3 is 6.03 Å². The molecule has 0 bridgehead atoms. The quantitative estimate of drug-likeness (QED) is 0.707. The van der Waals surface area contributed by atoms with Crippen LogP contribution in [-0.4, -0.2) is 19.4 Å². The molecule has 2 aromatic carbocycles. The summed E-state index contributed by atoms with van der Waals surface area (Å²) in [5.41, 5.74) is 2.07. The van der Waals surface area contributed by atoms with Crippen molar-refractivity contribution in [1.82, 2.24) is 10.3 Å². The molecule has 2 N–H and O–H groups in total. The lowest BCUT2D eigenvalue weighted by molar-refractivity contribution is 0.251. The molecule has 0 saturated heterocycles. The van der Waals surface area contributed by atoms with Crippen LogP contribution in [0.4, 0.5) is 10.5 Å². The molecule has 0 saturated carbocycles. The van der Waals surface area contributed by atoms with E-state index >= 15 is 0 Å². The van der Waals surface area contributed by atoms with Crippen molar-refractivity contribution in [3.05, 3.63) is 84.2 Å². The molecule has 2 amide bonds. The molecule has 0 fully saturated rings. The number of hydrogen-bond donors (Lipinski definition) is 2. The van der Waals surface area contributed by atoms with Gasteiger partial charge in [0.1, 0.15) is 0 Å². The molecular formula is C20H19N3O3S. The zero-order valence-corrected chi connectivity index (χ0v) is 15.5. The van der Waals surface area contributed by atoms with E-state index in [9.17, 15) is 13.2 Å². The molecule has 0 aliphatic carbocycles. The monoisotopic (exact) mass is 381 g/mol. The van der Waals surface area contributed by atoms with Gasteiger partial charge in [0.15, 0.2) is 0 Å². The molecule has 3 aromatic rings. The van der Waals surface area contributed by atoms with Gasteiger partial charge in [-0.05, 0) is 54.4 Å². The third kappa shape index (κ3) is 4.51. The highest BCUT2D eigenvalue weighted by Crippen LogP contribution is 2.24. The van der Waals surface area contributed by atoms with Crippen LogP contribution in [0.5, 0.6) is 0 Å². The van der Waals surface area contributed by atoms with E-state index < -0.39 is 9.84 Å². The van der Waals surface area contributed by atoms with Gasteiger partial charge < -0.3 is 10.6 Å². The SMILES string of the molecule is Cc1ccccc1S(=O)(=O)c1ccc(NC(=O)NCc2cccnc2)cc1. The Kier molecular flexibility index (Phi) is 5.52. The van der Waals surface area contributed by atoms with Gasteiger partial charge in [-0.15, -0.1) is 0 Å². The third-order valence-electron chi connectivity index (χ3n) is 3.98. The highest BCUT2D eigenvalue weighted by Gasteiger charge is 2.19. The van der Waals surface area contributed by atoms with E-state index in [1.54, 1.807) is 61.8 Å². The summed E-state index contributed by atoms with van der Waals surface area (Å²) in [6, 6.07) is 16.2. The number of amides is 2. The summed E-state index contributed by atoms with van der Waals surface area (Å²) in [6.07, 6.45) is 3.33. The number of aromatic nitrogens is 1. The number of pyridine rings is 1. The maximum absolute atomic E-state index is 12.7. The predicted octanol–water partition coefficient (Wildman–Crippen LogP) is 3.54. The van der Waals surface area contributed by atoms with Crippen LogP contribution in [0.25, 0.3) is 0 Å². The Bertz CT molecular complexity index is 1030. The van der Waals surface area contributed by atoms with Gasteiger partial charge in [0.05, 0.1) is 9.79 Å². The number of rotatable bonds is 5. The standard InChI is InChI=1S/C20H19N3O3S/c1-15-5-2-3-7-19(15)27(25,26)18-10-8-17(9-11-18)23-20(24)22-14-16-6-4-12-21-13-16/h2-13H,14H2,1H3,(H2,22,23,24). The van der Waals surface area contributed by atoms with Crippen LogP contribution in [0.1, 0.15) is 11.1 Å². The van der Waals surface area contributed by atoms with Crippen molar-refractivity contribution in [3.63, 3.8) is 0 Å². The minimum absolute atomic E-state index is 0.179. The Morgan fingerprint density at radius 1 is 1.00 bits per heavy atom. The van der Waals surface area contributed by atoms with Crippen LogP contribution in [0.2, 0.25) is 0 Å². The second-order valence-electron chi connectivity index (χ2n) is 5.96. The molecule has 7 heteroatoms. The summed E-state index contributed by atoms with van der Waals surface area (Å²) in [7, 11) is -3.60. The number of carbonyl (C=O) groups excluding carboxylic acids is 1. The lowest BCUT2D eigenvalue weighted by atomic mass is 10.2. The molecule has 0 radical (unpaired) electrons. The van der Waals surface area contributed by atoms with Crippen LogP contribution in [0, 0.1) is 6.92 Å². The fourth-order valence-electron chi connectivity index (χ4n) is 2.56. The van der Waals surface area contributed by atoms with Crippen LogP contribution in [0.15, 0.2) is 82.8 Å². The first-order chi connectivity index (χ1) is 13.0. The van der Waals surface area contributed by atoms with Gasteiger partial charge in [0.25, 0.3) is 0 Å². The largest absolute Gasteiger partial charge is 0.334 e. The van der Waals surface area contributed by atoms with Crippen molar-refractivity contribution in [1.29, 1.82) is 0 Å². The summed E-state index contributed by atoms with van der Waals surface area (Å²) in [6.45, 7) is 2.11. The van der Waals surface area contributed by atoms with E-state index in [1.807, 2.05) is 6.07 Å². The minimum atomic E-state index is -3.60. The Balaban J connectivity index is 1.67. The van der Waals surface area contributed by atoms with Crippen LogP contribution >= 0.6 is 0 Å². The van der Waals surface area contributed by atoms with Crippen molar-refractivity contribution in [2.45, 2.75) is 23.3 Å². The average Bonchev–Trinajstić information content (AvgIpc) is 2.68. The Morgan fingerprint density at radius 3 is 2.41 bits per heavy atom. The van der Waals surface area contributed by atoms with Gasteiger partial charge in [0, 0.05) is 24.6 Å². The number of urea groups is 1. The molecule has 0 atom stereocenters. The number of sulfone groups is 1. The van der Waals surface area contributed by atoms with Crippen LogP contribution in [-0.2, 0) is 16.4 Å². The van der Waals surface area contributed by atoms with E-state index in [0.717, 1.165) is 5.56 Å². The Hall–Kier alpha value is -3.19. The number of anilines is 1. The lowest BCUT2D eigenvalue weighted by Crippen LogP contribution is -2.28.